The maximum Gasteiger partial charge on any atom is 2.00 e. The summed E-state index contributed by atoms with van der Waals surface area (Å²) in [6.45, 7) is 0. The van der Waals surface area contributed by atoms with E-state index in [-0.39, 0.29) is 25.9 Å². The molecule has 0 bridgehead atoms. The van der Waals surface area contributed by atoms with Crippen LogP contribution >= 0.6 is 0 Å². The summed E-state index contributed by atoms with van der Waals surface area (Å²) in [5.74, 6) is -12.6. The molecular formula is C6H3F5MgO3S. The third-order valence-corrected chi connectivity index (χ3v) is 2.30. The van der Waals surface area contributed by atoms with Gasteiger partial charge in [0.15, 0.2) is 28.2 Å². The topological polar surface area (TPSA) is 54.4 Å². The Morgan fingerprint density at radius 1 is 0.812 bits per heavy atom. The van der Waals surface area contributed by atoms with Gasteiger partial charge in [0.2, 0.25) is 5.82 Å². The summed E-state index contributed by atoms with van der Waals surface area (Å²) in [4.78, 5) is -2.26. The van der Waals surface area contributed by atoms with Crippen LogP contribution in [0.2, 0.25) is 0 Å². The second-order valence-electron chi connectivity index (χ2n) is 2.37. The zero-order valence-electron chi connectivity index (χ0n) is 9.27. The van der Waals surface area contributed by atoms with E-state index in [9.17, 15) is 30.4 Å². The molecule has 0 atom stereocenters. The average Bonchev–Trinajstić information content (AvgIpc) is 2.09. The molecule has 0 aliphatic heterocycles. The Bertz CT molecular complexity index is 510. The van der Waals surface area contributed by atoms with Crippen LogP contribution in [0.25, 0.3) is 0 Å². The summed E-state index contributed by atoms with van der Waals surface area (Å²) in [6, 6.07) is 0. The van der Waals surface area contributed by atoms with Gasteiger partial charge >= 0.3 is 33.2 Å². The molecule has 0 fully saturated rings. The van der Waals surface area contributed by atoms with Crippen molar-refractivity contribution < 1.29 is 37.8 Å². The van der Waals surface area contributed by atoms with Gasteiger partial charge in [0, 0.05) is 0 Å². The van der Waals surface area contributed by atoms with Crippen molar-refractivity contribution in [2.75, 3.05) is 0 Å². The molecular weight excluding hydrogens is 271 g/mol. The van der Waals surface area contributed by atoms with E-state index in [0.29, 0.717) is 0 Å². The minimum Gasteiger partial charge on any atom is -1.00 e. The van der Waals surface area contributed by atoms with E-state index in [0.717, 1.165) is 0 Å². The molecule has 0 saturated heterocycles. The Balaban J connectivity index is -0.000000750. The first kappa shape index (κ1) is 15.5. The first-order valence-corrected chi connectivity index (χ1v) is 4.61. The molecule has 88 valence electrons. The minimum absolute atomic E-state index is 0. The largest absolute Gasteiger partial charge is 2.00 e. The predicted molar refractivity (Wildman–Crippen MR) is 44.0 cm³/mol. The Hall–Kier alpha value is -0.454. The normalized spacial score (nSPS) is 11.1. The van der Waals surface area contributed by atoms with Gasteiger partial charge in [-0.3, -0.25) is 4.55 Å². The van der Waals surface area contributed by atoms with Crippen LogP contribution in [0.1, 0.15) is 2.85 Å². The maximum atomic E-state index is 12.6. The molecule has 1 aromatic carbocycles. The van der Waals surface area contributed by atoms with E-state index in [4.69, 9.17) is 4.55 Å². The summed E-state index contributed by atoms with van der Waals surface area (Å²) in [6.07, 6.45) is 0. The fourth-order valence-corrected chi connectivity index (χ4v) is 1.44. The molecule has 0 heterocycles. The monoisotopic (exact) mass is 274 g/mol. The van der Waals surface area contributed by atoms with Gasteiger partial charge in [-0.15, -0.1) is 0 Å². The van der Waals surface area contributed by atoms with Crippen LogP contribution in [-0.4, -0.2) is 36.0 Å². The third kappa shape index (κ3) is 2.44. The number of hydrogen-bond acceptors (Lipinski definition) is 2. The molecule has 0 unspecified atom stereocenters. The van der Waals surface area contributed by atoms with E-state index in [2.05, 4.69) is 0 Å². The molecule has 1 rings (SSSR count). The first-order valence-electron chi connectivity index (χ1n) is 3.16. The summed E-state index contributed by atoms with van der Waals surface area (Å²) in [5.41, 5.74) is 0. The summed E-state index contributed by atoms with van der Waals surface area (Å²) in [7, 11) is -5.52. The van der Waals surface area contributed by atoms with E-state index in [1.807, 2.05) is 0 Å². The van der Waals surface area contributed by atoms with Crippen molar-refractivity contribution in [3.8, 4) is 0 Å². The van der Waals surface area contributed by atoms with Crippen molar-refractivity contribution in [2.45, 2.75) is 4.90 Å². The third-order valence-electron chi connectivity index (χ3n) is 1.43. The molecule has 0 aromatic heterocycles. The minimum atomic E-state index is -5.52. The van der Waals surface area contributed by atoms with Gasteiger partial charge in [-0.2, -0.15) is 8.42 Å². The summed E-state index contributed by atoms with van der Waals surface area (Å²) >= 11 is 0. The van der Waals surface area contributed by atoms with Crippen LogP contribution in [0, 0.1) is 29.1 Å². The van der Waals surface area contributed by atoms with Crippen LogP contribution < -0.4 is 0 Å². The average molecular weight is 274 g/mol. The molecule has 0 amide bonds. The van der Waals surface area contributed by atoms with Crippen LogP contribution in [0.15, 0.2) is 4.90 Å². The summed E-state index contributed by atoms with van der Waals surface area (Å²) < 4.78 is 91.3. The molecule has 1 N–H and O–H groups in total. The number of rotatable bonds is 1. The SMILES string of the molecule is O=S(=O)(O)c1c(F)c(F)c(F)c(F)c1F.[H-].[H-].[Mg+2]. The standard InChI is InChI=1S/C6HF5O3S.Mg.2H/c7-1-2(8)4(10)6(15(12,13)14)5(11)3(1)9;;;/h(H,12,13,14);;;/q;+2;2*-1. The first-order chi connectivity index (χ1) is 6.68. The zero-order valence-corrected chi connectivity index (χ0v) is 9.50. The Morgan fingerprint density at radius 2 is 1.06 bits per heavy atom. The van der Waals surface area contributed by atoms with E-state index in [1.165, 1.54) is 0 Å². The molecule has 0 aliphatic carbocycles. The molecule has 16 heavy (non-hydrogen) atoms. The van der Waals surface area contributed by atoms with Crippen LogP contribution in [0.4, 0.5) is 22.0 Å². The van der Waals surface area contributed by atoms with E-state index >= 15 is 0 Å². The fraction of sp³-hybridized carbons (Fsp3) is 0. The number of hydrogen-bond donors (Lipinski definition) is 1. The maximum absolute atomic E-state index is 12.6. The Labute approximate surface area is 105 Å². The van der Waals surface area contributed by atoms with E-state index < -0.39 is 44.1 Å². The molecule has 0 saturated carbocycles. The van der Waals surface area contributed by atoms with Gasteiger partial charge < -0.3 is 2.85 Å². The summed E-state index contributed by atoms with van der Waals surface area (Å²) in [5, 5.41) is 0. The molecule has 10 heteroatoms. The van der Waals surface area contributed by atoms with Crippen LogP contribution in [0.3, 0.4) is 0 Å². The Kier molecular flexibility index (Phi) is 4.68. The van der Waals surface area contributed by atoms with E-state index in [1.54, 1.807) is 0 Å². The van der Waals surface area contributed by atoms with Crippen LogP contribution in [0.5, 0.6) is 0 Å². The second-order valence-corrected chi connectivity index (χ2v) is 3.73. The van der Waals surface area contributed by atoms with Gasteiger partial charge in [0.1, 0.15) is 0 Å². The van der Waals surface area contributed by atoms with Gasteiger partial charge in [-0.05, 0) is 0 Å². The van der Waals surface area contributed by atoms with Crippen LogP contribution in [-0.2, 0) is 10.1 Å². The van der Waals surface area contributed by atoms with Crippen molar-refractivity contribution >= 4 is 33.2 Å². The van der Waals surface area contributed by atoms with Crippen molar-refractivity contribution in [1.29, 1.82) is 0 Å². The van der Waals surface area contributed by atoms with Crippen molar-refractivity contribution in [3.63, 3.8) is 0 Å². The molecule has 0 spiro atoms. The fourth-order valence-electron chi connectivity index (χ4n) is 0.811. The second kappa shape index (κ2) is 4.81. The van der Waals surface area contributed by atoms with Gasteiger partial charge in [-0.25, -0.2) is 22.0 Å². The molecule has 3 nitrogen and oxygen atoms in total. The van der Waals surface area contributed by atoms with Crippen molar-refractivity contribution in [1.82, 2.24) is 0 Å². The molecule has 1 aromatic rings. The van der Waals surface area contributed by atoms with Gasteiger partial charge in [-0.1, -0.05) is 0 Å². The molecule has 0 aliphatic rings. The van der Waals surface area contributed by atoms with Gasteiger partial charge in [0.05, 0.1) is 0 Å². The van der Waals surface area contributed by atoms with Crippen molar-refractivity contribution in [2.24, 2.45) is 0 Å². The Morgan fingerprint density at radius 3 is 1.31 bits per heavy atom. The van der Waals surface area contributed by atoms with Crippen molar-refractivity contribution in [3.05, 3.63) is 29.1 Å². The molecule has 0 radical (unpaired) electrons. The quantitative estimate of drug-likeness (QED) is 0.277. The predicted octanol–water partition coefficient (Wildman–Crippen LogP) is 1.47. The number of halogens is 5. The zero-order chi connectivity index (χ0) is 12.0. The number of benzene rings is 1. The van der Waals surface area contributed by atoms with Gasteiger partial charge in [0.25, 0.3) is 0 Å². The smallest absolute Gasteiger partial charge is 1.00 e.